The molecule has 1 N–H and O–H groups in total. The number of thioether (sulfide) groups is 1. The maximum Gasteiger partial charge on any atom is 0.230 e. The van der Waals surface area contributed by atoms with Crippen LogP contribution in [0, 0.1) is 13.8 Å². The number of nitrogens with zero attached hydrogens (tertiary/aromatic N) is 2. The summed E-state index contributed by atoms with van der Waals surface area (Å²) in [4.78, 5) is 22.0. The molecule has 0 aromatic heterocycles. The fourth-order valence-corrected chi connectivity index (χ4v) is 3.84. The molecule has 3 rings (SSSR count). The van der Waals surface area contributed by atoms with Crippen molar-refractivity contribution in [2.45, 2.75) is 46.6 Å². The Kier molecular flexibility index (Phi) is 7.14. The van der Waals surface area contributed by atoms with Gasteiger partial charge in [0.1, 0.15) is 0 Å². The number of benzene rings is 2. The van der Waals surface area contributed by atoms with Crippen LogP contribution in [-0.2, 0) is 4.79 Å². The number of amides is 1. The Bertz CT molecular complexity index is 967. The molecule has 1 heterocycles. The zero-order chi connectivity index (χ0) is 21.0. The molecule has 1 atom stereocenters. The molecule has 0 radical (unpaired) electrons. The summed E-state index contributed by atoms with van der Waals surface area (Å²) in [6, 6.07) is 12.0. The fraction of sp³-hybridized carbons (Fsp3) is 0.348. The highest BCUT2D eigenvalue weighted by Gasteiger charge is 2.18. The van der Waals surface area contributed by atoms with Crippen LogP contribution in [0.1, 0.15) is 43.4 Å². The van der Waals surface area contributed by atoms with E-state index in [0.29, 0.717) is 17.2 Å². The highest BCUT2D eigenvalue weighted by atomic mass is 35.5. The number of aryl methyl sites for hydroxylation is 2. The minimum atomic E-state index is 0.0292. The highest BCUT2D eigenvalue weighted by Crippen LogP contribution is 2.36. The van der Waals surface area contributed by atoms with Crippen molar-refractivity contribution < 1.29 is 4.79 Å². The molecule has 0 unspecified atom stereocenters. The van der Waals surface area contributed by atoms with E-state index in [2.05, 4.69) is 38.2 Å². The first kappa shape index (κ1) is 21.6. The number of fused-ring (bicyclic) bond motifs is 1. The van der Waals surface area contributed by atoms with Gasteiger partial charge in [-0.2, -0.15) is 0 Å². The Balaban J connectivity index is 1.91. The van der Waals surface area contributed by atoms with Crippen molar-refractivity contribution in [3.8, 4) is 0 Å². The van der Waals surface area contributed by atoms with Crippen molar-refractivity contribution in [3.63, 3.8) is 0 Å². The number of nitrogens with one attached hydrogen (secondary N) is 1. The molecule has 2 aromatic carbocycles. The lowest BCUT2D eigenvalue weighted by molar-refractivity contribution is -0.119. The Morgan fingerprint density at radius 3 is 2.38 bits per heavy atom. The number of rotatable bonds is 5. The topological polar surface area (TPSA) is 53.8 Å². The molecule has 0 saturated heterocycles. The van der Waals surface area contributed by atoms with Crippen molar-refractivity contribution in [1.29, 1.82) is 0 Å². The SMILES string of the molecule is CC[C@@H](C)NC(=O)CSC1=Nc2cc(C)c(C)cc2N=C(c2ccc(Cl)cc2)C1. The zero-order valence-electron chi connectivity index (χ0n) is 17.3. The normalized spacial score (nSPS) is 14.4. The Hall–Kier alpha value is -2.11. The lowest BCUT2D eigenvalue weighted by Crippen LogP contribution is -2.33. The van der Waals surface area contributed by atoms with Gasteiger partial charge in [0.25, 0.3) is 0 Å². The number of carbonyl (C=O) groups is 1. The van der Waals surface area contributed by atoms with Gasteiger partial charge in [0.2, 0.25) is 5.91 Å². The van der Waals surface area contributed by atoms with Crippen LogP contribution in [0.5, 0.6) is 0 Å². The van der Waals surface area contributed by atoms with Crippen molar-refractivity contribution in [1.82, 2.24) is 5.32 Å². The van der Waals surface area contributed by atoms with Gasteiger partial charge in [-0.1, -0.05) is 30.7 Å². The van der Waals surface area contributed by atoms with Crippen molar-refractivity contribution >= 4 is 51.4 Å². The number of hydrogen-bond acceptors (Lipinski definition) is 4. The summed E-state index contributed by atoms with van der Waals surface area (Å²) < 4.78 is 0. The lowest BCUT2D eigenvalue weighted by Gasteiger charge is -2.12. The van der Waals surface area contributed by atoms with Crippen LogP contribution < -0.4 is 5.32 Å². The van der Waals surface area contributed by atoms with E-state index >= 15 is 0 Å². The molecule has 0 fully saturated rings. The number of hydrogen-bond donors (Lipinski definition) is 1. The molecule has 6 heteroatoms. The first-order valence-electron chi connectivity index (χ1n) is 9.80. The molecule has 1 amide bonds. The fourth-order valence-electron chi connectivity index (χ4n) is 2.93. The van der Waals surface area contributed by atoms with E-state index in [1.807, 2.05) is 31.2 Å². The second-order valence-corrected chi connectivity index (χ2v) is 8.82. The number of halogens is 1. The largest absolute Gasteiger partial charge is 0.353 e. The van der Waals surface area contributed by atoms with Crippen molar-refractivity contribution in [2.24, 2.45) is 9.98 Å². The molecule has 1 aliphatic heterocycles. The third kappa shape index (κ3) is 5.71. The van der Waals surface area contributed by atoms with Gasteiger partial charge in [0, 0.05) is 17.5 Å². The molecule has 0 spiro atoms. The Morgan fingerprint density at radius 2 is 1.76 bits per heavy atom. The molecule has 0 bridgehead atoms. The van der Waals surface area contributed by atoms with E-state index in [1.165, 1.54) is 22.9 Å². The van der Waals surface area contributed by atoms with Crippen LogP contribution in [0.2, 0.25) is 5.02 Å². The third-order valence-electron chi connectivity index (χ3n) is 4.98. The number of aliphatic imine (C=N–C) groups is 2. The quantitative estimate of drug-likeness (QED) is 0.621. The average Bonchev–Trinajstić information content (AvgIpc) is 2.86. The molecule has 29 heavy (non-hydrogen) atoms. The van der Waals surface area contributed by atoms with E-state index in [1.54, 1.807) is 0 Å². The van der Waals surface area contributed by atoms with Gasteiger partial charge in [-0.25, -0.2) is 4.99 Å². The first-order chi connectivity index (χ1) is 13.9. The Labute approximate surface area is 181 Å². The molecular formula is C23H26ClN3OS. The maximum atomic E-state index is 12.2. The van der Waals surface area contributed by atoms with Crippen LogP contribution in [0.4, 0.5) is 11.4 Å². The summed E-state index contributed by atoms with van der Waals surface area (Å²) in [6.45, 7) is 8.23. The van der Waals surface area contributed by atoms with Gasteiger partial charge < -0.3 is 5.32 Å². The van der Waals surface area contributed by atoms with Gasteiger partial charge in [0.15, 0.2) is 0 Å². The van der Waals surface area contributed by atoms with Gasteiger partial charge in [0.05, 0.1) is 27.9 Å². The van der Waals surface area contributed by atoms with Gasteiger partial charge in [-0.3, -0.25) is 9.79 Å². The van der Waals surface area contributed by atoms with E-state index in [0.717, 1.165) is 34.1 Å². The monoisotopic (exact) mass is 427 g/mol. The maximum absolute atomic E-state index is 12.2. The van der Waals surface area contributed by atoms with E-state index in [9.17, 15) is 4.79 Å². The van der Waals surface area contributed by atoms with Gasteiger partial charge in [-0.15, -0.1) is 11.8 Å². The van der Waals surface area contributed by atoms with E-state index in [4.69, 9.17) is 21.6 Å². The van der Waals surface area contributed by atoms with Crippen LogP contribution in [0.25, 0.3) is 0 Å². The molecule has 1 aliphatic rings. The molecule has 4 nitrogen and oxygen atoms in total. The lowest BCUT2D eigenvalue weighted by atomic mass is 10.1. The van der Waals surface area contributed by atoms with Gasteiger partial charge >= 0.3 is 0 Å². The Morgan fingerprint density at radius 1 is 1.14 bits per heavy atom. The molecular weight excluding hydrogens is 402 g/mol. The second-order valence-electron chi connectivity index (χ2n) is 7.34. The molecule has 0 saturated carbocycles. The summed E-state index contributed by atoms with van der Waals surface area (Å²) in [6.07, 6.45) is 1.49. The van der Waals surface area contributed by atoms with E-state index in [-0.39, 0.29) is 11.9 Å². The predicted octanol–water partition coefficient (Wildman–Crippen LogP) is 6.16. The predicted molar refractivity (Wildman–Crippen MR) is 126 cm³/mol. The van der Waals surface area contributed by atoms with Crippen molar-refractivity contribution in [2.75, 3.05) is 5.75 Å². The molecule has 152 valence electrons. The summed E-state index contributed by atoms with van der Waals surface area (Å²) >= 11 is 7.53. The minimum absolute atomic E-state index is 0.0292. The average molecular weight is 428 g/mol. The molecule has 2 aromatic rings. The van der Waals surface area contributed by atoms with Gasteiger partial charge in [-0.05, 0) is 68.1 Å². The summed E-state index contributed by atoms with van der Waals surface area (Å²) in [5.74, 6) is 0.374. The standard InChI is InChI=1S/C23H26ClN3OS/c1-5-16(4)25-22(28)13-29-23-12-19(17-6-8-18(24)9-7-17)26-20-10-14(2)15(3)11-21(20)27-23/h6-11,16H,5,12-13H2,1-4H3,(H,25,28)/t16-/m1/s1. The summed E-state index contributed by atoms with van der Waals surface area (Å²) in [5, 5.41) is 4.59. The van der Waals surface area contributed by atoms with Crippen LogP contribution >= 0.6 is 23.4 Å². The van der Waals surface area contributed by atoms with Crippen LogP contribution in [0.3, 0.4) is 0 Å². The summed E-state index contributed by atoms with van der Waals surface area (Å²) in [5.41, 5.74) is 6.01. The van der Waals surface area contributed by atoms with E-state index < -0.39 is 0 Å². The third-order valence-corrected chi connectivity index (χ3v) is 6.20. The minimum Gasteiger partial charge on any atom is -0.353 e. The highest BCUT2D eigenvalue weighted by molar-refractivity contribution is 8.14. The summed E-state index contributed by atoms with van der Waals surface area (Å²) in [7, 11) is 0. The number of carbonyl (C=O) groups excluding carboxylic acids is 1. The smallest absolute Gasteiger partial charge is 0.230 e. The first-order valence-corrected chi connectivity index (χ1v) is 11.2. The van der Waals surface area contributed by atoms with Crippen LogP contribution in [-0.4, -0.2) is 28.5 Å². The molecule has 0 aliphatic carbocycles. The van der Waals surface area contributed by atoms with Crippen molar-refractivity contribution in [3.05, 3.63) is 58.1 Å². The second kappa shape index (κ2) is 9.59. The van der Waals surface area contributed by atoms with Crippen LogP contribution in [0.15, 0.2) is 46.4 Å². The zero-order valence-corrected chi connectivity index (χ0v) is 18.8.